The molecular formula is C11H10ClN3S. The van der Waals surface area contributed by atoms with E-state index in [4.69, 9.17) is 17.3 Å². The van der Waals surface area contributed by atoms with Crippen LogP contribution in [0.1, 0.15) is 5.56 Å². The SMILES string of the molecule is Cc1cnc(Cl)nc1Sc1ccc(N)cc1. The number of halogens is 1. The molecule has 16 heavy (non-hydrogen) atoms. The maximum Gasteiger partial charge on any atom is 0.223 e. The molecule has 0 aliphatic heterocycles. The molecule has 0 saturated carbocycles. The Hall–Kier alpha value is -1.26. The number of benzene rings is 1. The third-order valence-electron chi connectivity index (χ3n) is 1.99. The molecule has 82 valence electrons. The van der Waals surface area contributed by atoms with Crippen LogP contribution in [0.2, 0.25) is 5.28 Å². The summed E-state index contributed by atoms with van der Waals surface area (Å²) in [6.07, 6.45) is 1.72. The van der Waals surface area contributed by atoms with Crippen molar-refractivity contribution in [2.75, 3.05) is 5.73 Å². The average Bonchev–Trinajstić information content (AvgIpc) is 2.27. The molecule has 0 bridgehead atoms. The molecule has 3 nitrogen and oxygen atoms in total. The zero-order valence-corrected chi connectivity index (χ0v) is 10.2. The van der Waals surface area contributed by atoms with Gasteiger partial charge in [0, 0.05) is 22.3 Å². The number of anilines is 1. The molecule has 0 unspecified atom stereocenters. The third kappa shape index (κ3) is 2.65. The highest BCUT2D eigenvalue weighted by atomic mass is 35.5. The minimum Gasteiger partial charge on any atom is -0.399 e. The van der Waals surface area contributed by atoms with Gasteiger partial charge in [0.25, 0.3) is 0 Å². The molecule has 2 N–H and O–H groups in total. The van der Waals surface area contributed by atoms with E-state index in [9.17, 15) is 0 Å². The lowest BCUT2D eigenvalue weighted by Crippen LogP contribution is -1.89. The Labute approximate surface area is 103 Å². The molecule has 5 heteroatoms. The molecule has 0 spiro atoms. The van der Waals surface area contributed by atoms with Crippen LogP contribution in [0.4, 0.5) is 5.69 Å². The Balaban J connectivity index is 2.26. The smallest absolute Gasteiger partial charge is 0.223 e. The predicted molar refractivity (Wildman–Crippen MR) is 66.8 cm³/mol. The Morgan fingerprint density at radius 2 is 1.94 bits per heavy atom. The summed E-state index contributed by atoms with van der Waals surface area (Å²) >= 11 is 7.30. The van der Waals surface area contributed by atoms with E-state index in [1.54, 1.807) is 18.0 Å². The van der Waals surface area contributed by atoms with Gasteiger partial charge in [-0.1, -0.05) is 11.8 Å². The molecule has 1 heterocycles. The van der Waals surface area contributed by atoms with Gasteiger partial charge < -0.3 is 5.73 Å². The normalized spacial score (nSPS) is 10.4. The lowest BCUT2D eigenvalue weighted by atomic mass is 10.3. The molecule has 0 radical (unpaired) electrons. The van der Waals surface area contributed by atoms with Gasteiger partial charge in [-0.05, 0) is 42.8 Å². The van der Waals surface area contributed by atoms with Gasteiger partial charge in [0.05, 0.1) is 0 Å². The Morgan fingerprint density at radius 1 is 1.25 bits per heavy atom. The molecule has 0 fully saturated rings. The van der Waals surface area contributed by atoms with Crippen molar-refractivity contribution in [2.45, 2.75) is 16.8 Å². The van der Waals surface area contributed by atoms with Crippen molar-refractivity contribution >= 4 is 29.1 Å². The highest BCUT2D eigenvalue weighted by Crippen LogP contribution is 2.29. The monoisotopic (exact) mass is 251 g/mol. The quantitative estimate of drug-likeness (QED) is 0.506. The van der Waals surface area contributed by atoms with E-state index in [0.29, 0.717) is 0 Å². The number of aromatic nitrogens is 2. The second-order valence-electron chi connectivity index (χ2n) is 3.30. The fourth-order valence-corrected chi connectivity index (χ4v) is 2.18. The van der Waals surface area contributed by atoms with Crippen molar-refractivity contribution in [3.05, 3.63) is 41.3 Å². The van der Waals surface area contributed by atoms with Crippen LogP contribution in [0, 0.1) is 6.92 Å². The molecule has 0 aliphatic carbocycles. The first-order chi connectivity index (χ1) is 7.65. The van der Waals surface area contributed by atoms with Gasteiger partial charge in [-0.15, -0.1) is 0 Å². The first kappa shape index (κ1) is 11.2. The fraction of sp³-hybridized carbons (Fsp3) is 0.0909. The second kappa shape index (κ2) is 4.72. The van der Waals surface area contributed by atoms with Gasteiger partial charge in [-0.2, -0.15) is 0 Å². The summed E-state index contributed by atoms with van der Waals surface area (Å²) < 4.78 is 0. The first-order valence-corrected chi connectivity index (χ1v) is 5.87. The summed E-state index contributed by atoms with van der Waals surface area (Å²) in [6.45, 7) is 1.95. The van der Waals surface area contributed by atoms with Crippen LogP contribution >= 0.6 is 23.4 Å². The van der Waals surface area contributed by atoms with E-state index in [2.05, 4.69) is 9.97 Å². The van der Waals surface area contributed by atoms with Crippen LogP contribution in [0.5, 0.6) is 0 Å². The fourth-order valence-electron chi connectivity index (χ4n) is 1.16. The van der Waals surface area contributed by atoms with Gasteiger partial charge in [0.15, 0.2) is 0 Å². The van der Waals surface area contributed by atoms with Crippen molar-refractivity contribution in [1.29, 1.82) is 0 Å². The van der Waals surface area contributed by atoms with Gasteiger partial charge in [-0.25, -0.2) is 9.97 Å². The zero-order chi connectivity index (χ0) is 11.5. The number of nitrogens with zero attached hydrogens (tertiary/aromatic N) is 2. The summed E-state index contributed by atoms with van der Waals surface area (Å²) in [7, 11) is 0. The highest BCUT2D eigenvalue weighted by molar-refractivity contribution is 7.99. The molecule has 1 aromatic heterocycles. The summed E-state index contributed by atoms with van der Waals surface area (Å²) in [4.78, 5) is 9.17. The van der Waals surface area contributed by atoms with Gasteiger partial charge >= 0.3 is 0 Å². The predicted octanol–water partition coefficient (Wildman–Crippen LogP) is 3.17. The maximum absolute atomic E-state index is 5.75. The molecule has 0 amide bonds. The number of rotatable bonds is 2. The zero-order valence-electron chi connectivity index (χ0n) is 8.64. The van der Waals surface area contributed by atoms with Crippen LogP contribution in [0.3, 0.4) is 0 Å². The summed E-state index contributed by atoms with van der Waals surface area (Å²) in [5.74, 6) is 0. The van der Waals surface area contributed by atoms with Crippen LogP contribution in [-0.2, 0) is 0 Å². The maximum atomic E-state index is 5.75. The number of nitrogen functional groups attached to an aromatic ring is 1. The largest absolute Gasteiger partial charge is 0.399 e. The number of aryl methyl sites for hydroxylation is 1. The second-order valence-corrected chi connectivity index (χ2v) is 4.70. The van der Waals surface area contributed by atoms with E-state index < -0.39 is 0 Å². The van der Waals surface area contributed by atoms with Crippen molar-refractivity contribution in [3.8, 4) is 0 Å². The summed E-state index contributed by atoms with van der Waals surface area (Å²) in [5.41, 5.74) is 7.38. The molecule has 2 aromatic rings. The van der Waals surface area contributed by atoms with Gasteiger partial charge in [-0.3, -0.25) is 0 Å². The third-order valence-corrected chi connectivity index (χ3v) is 3.29. The average molecular weight is 252 g/mol. The number of hydrogen-bond acceptors (Lipinski definition) is 4. The lowest BCUT2D eigenvalue weighted by molar-refractivity contribution is 1.00. The summed E-state index contributed by atoms with van der Waals surface area (Å²) in [5, 5.41) is 1.13. The summed E-state index contributed by atoms with van der Waals surface area (Å²) in [6, 6.07) is 7.63. The van der Waals surface area contributed by atoms with E-state index >= 15 is 0 Å². The Kier molecular flexibility index (Phi) is 3.31. The first-order valence-electron chi connectivity index (χ1n) is 4.67. The highest BCUT2D eigenvalue weighted by Gasteiger charge is 2.04. The molecule has 0 atom stereocenters. The minimum absolute atomic E-state index is 0.267. The van der Waals surface area contributed by atoms with Crippen molar-refractivity contribution < 1.29 is 0 Å². The van der Waals surface area contributed by atoms with E-state index in [-0.39, 0.29) is 5.28 Å². The minimum atomic E-state index is 0.267. The van der Waals surface area contributed by atoms with Crippen molar-refractivity contribution in [3.63, 3.8) is 0 Å². The Bertz CT molecular complexity index is 499. The van der Waals surface area contributed by atoms with Gasteiger partial charge in [0.1, 0.15) is 5.03 Å². The lowest BCUT2D eigenvalue weighted by Gasteiger charge is -2.04. The van der Waals surface area contributed by atoms with E-state index in [1.165, 1.54) is 0 Å². The topological polar surface area (TPSA) is 51.8 Å². The molecular weight excluding hydrogens is 242 g/mol. The molecule has 0 aliphatic rings. The number of hydrogen-bond donors (Lipinski definition) is 1. The van der Waals surface area contributed by atoms with Gasteiger partial charge in [0.2, 0.25) is 5.28 Å². The standard InChI is InChI=1S/C11H10ClN3S/c1-7-6-14-11(12)15-10(7)16-9-4-2-8(13)3-5-9/h2-6H,13H2,1H3. The van der Waals surface area contributed by atoms with Crippen LogP contribution in [-0.4, -0.2) is 9.97 Å². The molecule has 0 saturated heterocycles. The van der Waals surface area contributed by atoms with Crippen LogP contribution in [0.25, 0.3) is 0 Å². The molecule has 2 rings (SSSR count). The van der Waals surface area contributed by atoms with Crippen molar-refractivity contribution in [2.24, 2.45) is 0 Å². The van der Waals surface area contributed by atoms with Crippen LogP contribution in [0.15, 0.2) is 40.4 Å². The van der Waals surface area contributed by atoms with Crippen molar-refractivity contribution in [1.82, 2.24) is 9.97 Å². The van der Waals surface area contributed by atoms with Crippen LogP contribution < -0.4 is 5.73 Å². The van der Waals surface area contributed by atoms with E-state index in [0.717, 1.165) is 21.2 Å². The Morgan fingerprint density at radius 3 is 2.62 bits per heavy atom. The molecule has 1 aromatic carbocycles. The number of nitrogens with two attached hydrogens (primary N) is 1. The van der Waals surface area contributed by atoms with E-state index in [1.807, 2.05) is 31.2 Å².